The molecule has 4 aromatic heterocycles. The molecule has 0 saturated carbocycles. The topological polar surface area (TPSA) is 94.0 Å². The Morgan fingerprint density at radius 3 is 2.79 bits per heavy atom. The lowest BCUT2D eigenvalue weighted by molar-refractivity contribution is 0.133. The number of aromatic nitrogens is 6. The Bertz CT molecular complexity index is 1320. The van der Waals surface area contributed by atoms with Crippen LogP contribution in [0.15, 0.2) is 72.9 Å². The summed E-state index contributed by atoms with van der Waals surface area (Å²) in [6.45, 7) is 0.553. The highest BCUT2D eigenvalue weighted by Crippen LogP contribution is 2.30. The lowest BCUT2D eigenvalue weighted by Gasteiger charge is -2.30. The fourth-order valence-corrected chi connectivity index (χ4v) is 3.93. The number of hydrogen-bond acceptors (Lipinski definition) is 7. The van der Waals surface area contributed by atoms with Crippen LogP contribution in [0.3, 0.4) is 0 Å². The maximum Gasteiger partial charge on any atom is 0.133 e. The smallest absolute Gasteiger partial charge is 0.133 e. The SMILES string of the molecule is COC1=CC(OC)CC(N(Cc2c[nH]cn2)c2ccc3ncc(-c4cnn(C)c4)cc3n2)=C1. The second-order valence-corrected chi connectivity index (χ2v) is 7.87. The van der Waals surface area contributed by atoms with E-state index in [9.17, 15) is 0 Å². The summed E-state index contributed by atoms with van der Waals surface area (Å²) in [4.78, 5) is 19.2. The maximum absolute atomic E-state index is 5.63. The van der Waals surface area contributed by atoms with Crippen molar-refractivity contribution in [3.63, 3.8) is 0 Å². The zero-order chi connectivity index (χ0) is 22.8. The number of fused-ring (bicyclic) bond motifs is 1. The summed E-state index contributed by atoms with van der Waals surface area (Å²) in [5.74, 6) is 1.56. The molecule has 0 fully saturated rings. The van der Waals surface area contributed by atoms with Gasteiger partial charge in [-0.05, 0) is 30.4 Å². The number of ether oxygens (including phenoxy) is 2. The van der Waals surface area contributed by atoms with E-state index in [1.165, 1.54) is 0 Å². The summed E-state index contributed by atoms with van der Waals surface area (Å²) < 4.78 is 12.9. The third-order valence-corrected chi connectivity index (χ3v) is 5.67. The number of anilines is 1. The Hall–Kier alpha value is -3.98. The number of nitrogens with one attached hydrogen (secondary N) is 1. The van der Waals surface area contributed by atoms with Crippen LogP contribution in [-0.2, 0) is 23.1 Å². The Morgan fingerprint density at radius 1 is 1.15 bits per heavy atom. The Morgan fingerprint density at radius 2 is 2.06 bits per heavy atom. The van der Waals surface area contributed by atoms with Gasteiger partial charge in [0, 0.05) is 56.0 Å². The molecule has 5 rings (SSSR count). The van der Waals surface area contributed by atoms with Crippen LogP contribution in [-0.4, -0.2) is 50.0 Å². The first kappa shape index (κ1) is 20.9. The number of methoxy groups -OCH3 is 2. The molecule has 33 heavy (non-hydrogen) atoms. The molecule has 1 aliphatic rings. The van der Waals surface area contributed by atoms with Gasteiger partial charge in [-0.2, -0.15) is 5.10 Å². The number of H-pyrrole nitrogens is 1. The van der Waals surface area contributed by atoms with E-state index in [0.717, 1.165) is 45.1 Å². The summed E-state index contributed by atoms with van der Waals surface area (Å²) in [5.41, 5.74) is 5.55. The molecule has 1 atom stereocenters. The number of aromatic amines is 1. The molecule has 0 amide bonds. The predicted molar refractivity (Wildman–Crippen MR) is 125 cm³/mol. The van der Waals surface area contributed by atoms with Crippen LogP contribution >= 0.6 is 0 Å². The van der Waals surface area contributed by atoms with Crippen LogP contribution < -0.4 is 4.90 Å². The minimum atomic E-state index is -0.0825. The van der Waals surface area contributed by atoms with Gasteiger partial charge in [-0.1, -0.05) is 0 Å². The van der Waals surface area contributed by atoms with E-state index in [0.29, 0.717) is 13.0 Å². The molecule has 0 bridgehead atoms. The van der Waals surface area contributed by atoms with Crippen molar-refractivity contribution in [2.45, 2.75) is 19.1 Å². The first-order chi connectivity index (χ1) is 16.1. The van der Waals surface area contributed by atoms with Gasteiger partial charge in [0.05, 0.1) is 49.0 Å². The fraction of sp³-hybridized carbons (Fsp3) is 0.250. The number of nitrogens with zero attached hydrogens (tertiary/aromatic N) is 6. The molecule has 0 radical (unpaired) electrons. The number of rotatable bonds is 7. The summed E-state index contributed by atoms with van der Waals surface area (Å²) >= 11 is 0. The Labute approximate surface area is 191 Å². The number of imidazole rings is 1. The van der Waals surface area contributed by atoms with Crippen molar-refractivity contribution in [2.75, 3.05) is 19.1 Å². The first-order valence-corrected chi connectivity index (χ1v) is 10.6. The highest BCUT2D eigenvalue weighted by Gasteiger charge is 2.23. The van der Waals surface area contributed by atoms with Crippen molar-refractivity contribution in [3.8, 4) is 11.1 Å². The van der Waals surface area contributed by atoms with Gasteiger partial charge in [0.25, 0.3) is 0 Å². The molecule has 9 nitrogen and oxygen atoms in total. The molecule has 1 unspecified atom stereocenters. The molecular formula is C24H25N7O2. The third-order valence-electron chi connectivity index (χ3n) is 5.67. The van der Waals surface area contributed by atoms with Crippen molar-refractivity contribution < 1.29 is 9.47 Å². The lowest BCUT2D eigenvalue weighted by Crippen LogP contribution is -2.28. The van der Waals surface area contributed by atoms with E-state index in [-0.39, 0.29) is 6.10 Å². The van der Waals surface area contributed by atoms with Gasteiger partial charge in [-0.15, -0.1) is 0 Å². The van der Waals surface area contributed by atoms with Gasteiger partial charge in [0.1, 0.15) is 11.6 Å². The Kier molecular flexibility index (Phi) is 5.62. The Balaban J connectivity index is 1.57. The van der Waals surface area contributed by atoms with E-state index >= 15 is 0 Å². The highest BCUT2D eigenvalue weighted by atomic mass is 16.5. The quantitative estimate of drug-likeness (QED) is 0.466. The minimum absolute atomic E-state index is 0.0825. The lowest BCUT2D eigenvalue weighted by atomic mass is 10.1. The summed E-state index contributed by atoms with van der Waals surface area (Å²) in [5, 5.41) is 4.27. The largest absolute Gasteiger partial charge is 0.497 e. The summed E-state index contributed by atoms with van der Waals surface area (Å²) in [6.07, 6.45) is 13.8. The molecular weight excluding hydrogens is 418 g/mol. The second-order valence-electron chi connectivity index (χ2n) is 7.87. The highest BCUT2D eigenvalue weighted by molar-refractivity contribution is 5.81. The van der Waals surface area contributed by atoms with Crippen LogP contribution in [0.4, 0.5) is 5.82 Å². The van der Waals surface area contributed by atoms with Gasteiger partial charge in [0.15, 0.2) is 0 Å². The molecule has 4 aromatic rings. The van der Waals surface area contributed by atoms with Crippen LogP contribution in [0.2, 0.25) is 0 Å². The molecule has 0 aromatic carbocycles. The van der Waals surface area contributed by atoms with Crippen LogP contribution in [0.25, 0.3) is 22.2 Å². The number of aryl methyl sites for hydroxylation is 1. The van der Waals surface area contributed by atoms with Crippen molar-refractivity contribution in [3.05, 3.63) is 78.6 Å². The number of allylic oxidation sites excluding steroid dienone is 1. The van der Waals surface area contributed by atoms with Crippen molar-refractivity contribution in [2.24, 2.45) is 7.05 Å². The van der Waals surface area contributed by atoms with Crippen molar-refractivity contribution in [1.29, 1.82) is 0 Å². The number of hydrogen-bond donors (Lipinski definition) is 1. The molecule has 168 valence electrons. The summed E-state index contributed by atoms with van der Waals surface area (Å²) in [7, 11) is 5.26. The number of pyridine rings is 2. The van der Waals surface area contributed by atoms with E-state index in [1.807, 2.05) is 62.2 Å². The zero-order valence-electron chi connectivity index (χ0n) is 18.8. The van der Waals surface area contributed by atoms with Gasteiger partial charge in [0.2, 0.25) is 0 Å². The zero-order valence-corrected chi connectivity index (χ0v) is 18.8. The van der Waals surface area contributed by atoms with Gasteiger partial charge in [-0.3, -0.25) is 9.67 Å². The van der Waals surface area contributed by atoms with Crippen LogP contribution in [0, 0.1) is 0 Å². The maximum atomic E-state index is 5.63. The van der Waals surface area contributed by atoms with E-state index in [1.54, 1.807) is 25.2 Å². The van der Waals surface area contributed by atoms with E-state index in [2.05, 4.69) is 25.0 Å². The molecule has 0 spiro atoms. The molecule has 9 heteroatoms. The van der Waals surface area contributed by atoms with Gasteiger partial charge >= 0.3 is 0 Å². The van der Waals surface area contributed by atoms with Crippen molar-refractivity contribution in [1.82, 2.24) is 29.7 Å². The first-order valence-electron chi connectivity index (χ1n) is 10.6. The molecule has 4 heterocycles. The van der Waals surface area contributed by atoms with Crippen LogP contribution in [0.1, 0.15) is 12.1 Å². The predicted octanol–water partition coefficient (Wildman–Crippen LogP) is 3.59. The molecule has 1 aliphatic carbocycles. The van der Waals surface area contributed by atoms with E-state index in [4.69, 9.17) is 14.5 Å². The standard InChI is InChI=1S/C24H25N7O2/c1-30-13-17(11-28-30)16-6-23-22(26-10-16)4-5-24(29-23)31(14-18-12-25-15-27-18)19-7-20(32-2)9-21(8-19)33-3/h4-7,9-13,15,21H,8,14H2,1-3H3,(H,25,27). The average molecular weight is 444 g/mol. The molecule has 0 saturated heterocycles. The van der Waals surface area contributed by atoms with E-state index < -0.39 is 0 Å². The molecule has 0 aliphatic heterocycles. The second kappa shape index (κ2) is 8.87. The van der Waals surface area contributed by atoms with Gasteiger partial charge in [-0.25, -0.2) is 9.97 Å². The van der Waals surface area contributed by atoms with Crippen molar-refractivity contribution >= 4 is 16.9 Å². The molecule has 1 N–H and O–H groups in total. The third kappa shape index (κ3) is 4.35. The average Bonchev–Trinajstić information content (AvgIpc) is 3.53. The fourth-order valence-electron chi connectivity index (χ4n) is 3.93. The summed E-state index contributed by atoms with van der Waals surface area (Å²) in [6, 6.07) is 6.02. The van der Waals surface area contributed by atoms with Gasteiger partial charge < -0.3 is 19.4 Å². The normalized spacial score (nSPS) is 15.9. The minimum Gasteiger partial charge on any atom is -0.497 e. The van der Waals surface area contributed by atoms with Crippen LogP contribution in [0.5, 0.6) is 0 Å². The monoisotopic (exact) mass is 443 g/mol.